The molecule has 1 heterocycles. The third-order valence-corrected chi connectivity index (χ3v) is 2.36. The number of hydrogen-bond acceptors (Lipinski definition) is 5. The summed E-state index contributed by atoms with van der Waals surface area (Å²) in [5.74, 6) is 1.45. The molecule has 0 atom stereocenters. The van der Waals surface area contributed by atoms with Crippen molar-refractivity contribution in [3.63, 3.8) is 0 Å². The van der Waals surface area contributed by atoms with Crippen molar-refractivity contribution in [1.29, 1.82) is 0 Å². The number of aromatic nitrogens is 1. The number of terminal acetylenes is 1. The van der Waals surface area contributed by atoms with Crippen LogP contribution in [0.4, 0.5) is 11.5 Å². The molecule has 7 nitrogen and oxygen atoms in total. The van der Waals surface area contributed by atoms with Gasteiger partial charge in [-0.15, -0.1) is 12.3 Å². The molecule has 1 rings (SSSR count). The SMILES string of the molecule is C#CCCCCNc1cc(C(=O)O)c([N+](=O)[O-])cn1. The van der Waals surface area contributed by atoms with Crippen LogP contribution in [0.25, 0.3) is 0 Å². The van der Waals surface area contributed by atoms with E-state index in [-0.39, 0.29) is 5.56 Å². The molecule has 0 saturated heterocycles. The number of aromatic carboxylic acids is 1. The maximum Gasteiger partial charge on any atom is 0.342 e. The zero-order valence-corrected chi connectivity index (χ0v) is 10.1. The zero-order chi connectivity index (χ0) is 14.3. The Morgan fingerprint density at radius 3 is 2.89 bits per heavy atom. The van der Waals surface area contributed by atoms with Gasteiger partial charge in [0, 0.05) is 19.0 Å². The molecule has 1 aromatic rings. The number of hydrogen-bond donors (Lipinski definition) is 2. The summed E-state index contributed by atoms with van der Waals surface area (Å²) in [6, 6.07) is 1.15. The van der Waals surface area contributed by atoms with Crippen molar-refractivity contribution in [3.8, 4) is 12.3 Å². The predicted molar refractivity (Wildman–Crippen MR) is 69.0 cm³/mol. The average Bonchev–Trinajstić information content (AvgIpc) is 2.38. The highest BCUT2D eigenvalue weighted by molar-refractivity contribution is 5.93. The van der Waals surface area contributed by atoms with Crippen LogP contribution in [0.3, 0.4) is 0 Å². The monoisotopic (exact) mass is 263 g/mol. The molecule has 0 fully saturated rings. The Balaban J connectivity index is 2.71. The van der Waals surface area contributed by atoms with Gasteiger partial charge in [-0.3, -0.25) is 10.1 Å². The number of nitrogens with zero attached hydrogens (tertiary/aromatic N) is 2. The second kappa shape index (κ2) is 6.96. The van der Waals surface area contributed by atoms with E-state index in [1.54, 1.807) is 0 Å². The summed E-state index contributed by atoms with van der Waals surface area (Å²) in [5.41, 5.74) is -0.906. The number of nitro groups is 1. The lowest BCUT2D eigenvalue weighted by atomic mass is 10.2. The van der Waals surface area contributed by atoms with Crippen LogP contribution in [0.2, 0.25) is 0 Å². The summed E-state index contributed by atoms with van der Waals surface area (Å²) in [6.07, 6.45) is 8.38. The van der Waals surface area contributed by atoms with Gasteiger partial charge >= 0.3 is 11.7 Å². The number of carboxylic acids is 1. The average molecular weight is 263 g/mol. The van der Waals surface area contributed by atoms with Crippen molar-refractivity contribution in [3.05, 3.63) is 27.9 Å². The normalized spacial score (nSPS) is 9.63. The zero-order valence-electron chi connectivity index (χ0n) is 10.1. The smallest absolute Gasteiger partial charge is 0.342 e. The van der Waals surface area contributed by atoms with Crippen molar-refractivity contribution in [2.45, 2.75) is 19.3 Å². The lowest BCUT2D eigenvalue weighted by Gasteiger charge is -2.05. The van der Waals surface area contributed by atoms with E-state index in [0.717, 1.165) is 25.1 Å². The van der Waals surface area contributed by atoms with Crippen LogP contribution >= 0.6 is 0 Å². The summed E-state index contributed by atoms with van der Waals surface area (Å²) < 4.78 is 0. The molecular formula is C12H13N3O4. The molecule has 0 aliphatic carbocycles. The van der Waals surface area contributed by atoms with Gasteiger partial charge in [0.1, 0.15) is 17.6 Å². The lowest BCUT2D eigenvalue weighted by molar-refractivity contribution is -0.385. The van der Waals surface area contributed by atoms with Gasteiger partial charge in [0.15, 0.2) is 0 Å². The summed E-state index contributed by atoms with van der Waals surface area (Å²) in [6.45, 7) is 0.575. The van der Waals surface area contributed by atoms with Crippen molar-refractivity contribution in [2.75, 3.05) is 11.9 Å². The molecular weight excluding hydrogens is 250 g/mol. The molecule has 2 N–H and O–H groups in total. The Morgan fingerprint density at radius 2 is 2.32 bits per heavy atom. The molecule has 0 aliphatic rings. The first kappa shape index (κ1) is 14.4. The molecule has 0 saturated carbocycles. The van der Waals surface area contributed by atoms with Crippen molar-refractivity contribution in [2.24, 2.45) is 0 Å². The highest BCUT2D eigenvalue weighted by atomic mass is 16.6. The Hall–Kier alpha value is -2.62. The van der Waals surface area contributed by atoms with E-state index < -0.39 is 16.6 Å². The van der Waals surface area contributed by atoms with E-state index in [1.165, 1.54) is 0 Å². The van der Waals surface area contributed by atoms with E-state index in [9.17, 15) is 14.9 Å². The largest absolute Gasteiger partial charge is 0.477 e. The van der Waals surface area contributed by atoms with Crippen molar-refractivity contribution in [1.82, 2.24) is 4.98 Å². The number of carbonyl (C=O) groups is 1. The first-order valence-electron chi connectivity index (χ1n) is 5.61. The minimum Gasteiger partial charge on any atom is -0.477 e. The number of anilines is 1. The molecule has 1 aromatic heterocycles. The van der Waals surface area contributed by atoms with Gasteiger partial charge in [0.25, 0.3) is 0 Å². The molecule has 7 heteroatoms. The summed E-state index contributed by atoms with van der Waals surface area (Å²) in [5, 5.41) is 22.4. The van der Waals surface area contributed by atoms with Gasteiger partial charge in [-0.25, -0.2) is 9.78 Å². The standard InChI is InChI=1S/C12H13N3O4/c1-2-3-4-5-6-13-11-7-9(12(16)17)10(8-14-11)15(18)19/h1,7-8H,3-6H2,(H,13,14)(H,16,17). The van der Waals surface area contributed by atoms with Crippen molar-refractivity contribution >= 4 is 17.5 Å². The topological polar surface area (TPSA) is 105 Å². The molecule has 0 amide bonds. The molecule has 19 heavy (non-hydrogen) atoms. The van der Waals surface area contributed by atoms with Crippen LogP contribution in [0.1, 0.15) is 29.6 Å². The van der Waals surface area contributed by atoms with Gasteiger partial charge in [-0.2, -0.15) is 0 Å². The Bertz CT molecular complexity index is 522. The maximum atomic E-state index is 10.9. The third-order valence-electron chi connectivity index (χ3n) is 2.36. The van der Waals surface area contributed by atoms with Crippen LogP contribution in [-0.4, -0.2) is 27.5 Å². The summed E-state index contributed by atoms with van der Waals surface area (Å²) in [4.78, 5) is 24.6. The first-order valence-corrected chi connectivity index (χ1v) is 5.61. The number of pyridine rings is 1. The quantitative estimate of drug-likeness (QED) is 0.337. The molecule has 0 aliphatic heterocycles. The molecule has 0 radical (unpaired) electrons. The molecule has 0 aromatic carbocycles. The second-order valence-electron chi connectivity index (χ2n) is 3.74. The van der Waals surface area contributed by atoms with Gasteiger partial charge in [0.05, 0.1) is 4.92 Å². The predicted octanol–water partition coefficient (Wildman–Crippen LogP) is 1.90. The lowest BCUT2D eigenvalue weighted by Crippen LogP contribution is -2.08. The number of nitrogens with one attached hydrogen (secondary N) is 1. The highest BCUT2D eigenvalue weighted by Gasteiger charge is 2.20. The van der Waals surface area contributed by atoms with Gasteiger partial charge in [-0.1, -0.05) is 0 Å². The maximum absolute atomic E-state index is 10.9. The van der Waals surface area contributed by atoms with E-state index >= 15 is 0 Å². The summed E-state index contributed by atoms with van der Waals surface area (Å²) in [7, 11) is 0. The number of rotatable bonds is 7. The van der Waals surface area contributed by atoms with Crippen molar-refractivity contribution < 1.29 is 14.8 Å². The van der Waals surface area contributed by atoms with Crippen LogP contribution < -0.4 is 5.32 Å². The minimum atomic E-state index is -1.36. The molecule has 0 unspecified atom stereocenters. The fourth-order valence-corrected chi connectivity index (χ4v) is 1.43. The van der Waals surface area contributed by atoms with E-state index in [4.69, 9.17) is 11.5 Å². The molecule has 100 valence electrons. The van der Waals surface area contributed by atoms with E-state index in [0.29, 0.717) is 18.8 Å². The molecule has 0 bridgehead atoms. The van der Waals surface area contributed by atoms with Gasteiger partial charge in [-0.05, 0) is 12.8 Å². The third kappa shape index (κ3) is 4.27. The van der Waals surface area contributed by atoms with Crippen LogP contribution in [0.15, 0.2) is 12.3 Å². The van der Waals surface area contributed by atoms with Gasteiger partial charge in [0.2, 0.25) is 0 Å². The Labute approximate surface area is 109 Å². The fourth-order valence-electron chi connectivity index (χ4n) is 1.43. The Morgan fingerprint density at radius 1 is 1.58 bits per heavy atom. The number of unbranched alkanes of at least 4 members (excludes halogenated alkanes) is 2. The minimum absolute atomic E-state index is 0.295. The fraction of sp³-hybridized carbons (Fsp3) is 0.333. The summed E-state index contributed by atoms with van der Waals surface area (Å²) >= 11 is 0. The van der Waals surface area contributed by atoms with Crippen LogP contribution in [0.5, 0.6) is 0 Å². The Kier molecular flexibility index (Phi) is 5.29. The highest BCUT2D eigenvalue weighted by Crippen LogP contribution is 2.20. The van der Waals surface area contributed by atoms with Gasteiger partial charge < -0.3 is 10.4 Å². The molecule has 0 spiro atoms. The van der Waals surface area contributed by atoms with Crippen LogP contribution in [-0.2, 0) is 0 Å². The van der Waals surface area contributed by atoms with Crippen LogP contribution in [0, 0.1) is 22.5 Å². The van der Waals surface area contributed by atoms with E-state index in [2.05, 4.69) is 16.2 Å². The second-order valence-corrected chi connectivity index (χ2v) is 3.74. The van der Waals surface area contributed by atoms with E-state index in [1.807, 2.05) is 0 Å². The first-order chi connectivity index (χ1) is 9.06. The number of carboxylic acid groups (broad SMARTS) is 1.